The first kappa shape index (κ1) is 25.6. The summed E-state index contributed by atoms with van der Waals surface area (Å²) in [6, 6.07) is 12.9. The zero-order valence-electron chi connectivity index (χ0n) is 20.2. The van der Waals surface area contributed by atoms with E-state index in [0.29, 0.717) is 23.1 Å². The Bertz CT molecular complexity index is 977. The molecule has 3 N–H and O–H groups in total. The largest absolute Gasteiger partial charge is 0.487 e. The Morgan fingerprint density at radius 3 is 2.48 bits per heavy atom. The fraction of sp³-hybridized carbons (Fsp3) is 0.500. The number of fused-ring (bicyclic) bond motifs is 1. The van der Waals surface area contributed by atoms with Crippen LogP contribution < -0.4 is 4.74 Å². The van der Waals surface area contributed by atoms with E-state index in [4.69, 9.17) is 4.74 Å². The van der Waals surface area contributed by atoms with Crippen molar-refractivity contribution in [3.63, 3.8) is 0 Å². The monoisotopic (exact) mass is 475 g/mol. The van der Waals surface area contributed by atoms with Gasteiger partial charge in [0.1, 0.15) is 16.7 Å². The maximum absolute atomic E-state index is 11.5. The number of rotatable bonds is 8. The summed E-state index contributed by atoms with van der Waals surface area (Å²) < 4.78 is 30.5. The third-order valence-corrected chi connectivity index (χ3v) is 8.64. The molecule has 182 valence electrons. The van der Waals surface area contributed by atoms with Gasteiger partial charge in [0.15, 0.2) is 0 Å². The fourth-order valence-electron chi connectivity index (χ4n) is 4.31. The number of ether oxygens (including phenoxy) is 1. The second kappa shape index (κ2) is 10.5. The summed E-state index contributed by atoms with van der Waals surface area (Å²) in [5.74, 6) is 0.122. The van der Waals surface area contributed by atoms with E-state index >= 15 is 0 Å². The summed E-state index contributed by atoms with van der Waals surface area (Å²) in [6.45, 7) is 10.5. The van der Waals surface area contributed by atoms with Gasteiger partial charge in [-0.3, -0.25) is 13.9 Å². The molecule has 1 aliphatic heterocycles. The minimum atomic E-state index is -3.28. The number of para-hydroxylation sites is 1. The Hall–Kier alpha value is -2.06. The topological polar surface area (TPSA) is 90.2 Å². The lowest BCUT2D eigenvalue weighted by atomic mass is 9.87. The number of nitrogens with zero attached hydrogens (tertiary/aromatic N) is 1. The summed E-state index contributed by atoms with van der Waals surface area (Å²) in [5.41, 5.74) is 2.98. The van der Waals surface area contributed by atoms with Crippen LogP contribution in [0, 0.1) is 12.8 Å². The van der Waals surface area contributed by atoms with Crippen LogP contribution in [0.4, 0.5) is 0 Å². The molecular formula is C26H37NO5S. The van der Waals surface area contributed by atoms with Crippen LogP contribution in [0.5, 0.6) is 5.75 Å². The van der Waals surface area contributed by atoms with Crippen molar-refractivity contribution >= 4 is 16.7 Å². The first-order valence-corrected chi connectivity index (χ1v) is 13.1. The van der Waals surface area contributed by atoms with Gasteiger partial charge < -0.3 is 9.84 Å². The van der Waals surface area contributed by atoms with Gasteiger partial charge in [-0.25, -0.2) is 0 Å². The number of hydrogen-bond donors (Lipinski definition) is 3. The second-order valence-corrected chi connectivity index (χ2v) is 11.5. The van der Waals surface area contributed by atoms with Crippen molar-refractivity contribution in [1.29, 1.82) is 0 Å². The molecule has 2 aromatic carbocycles. The lowest BCUT2D eigenvalue weighted by Crippen LogP contribution is -2.41. The number of carboxylic acid groups (broad SMARTS) is 1. The van der Waals surface area contributed by atoms with Crippen molar-refractivity contribution in [2.45, 2.75) is 83.4 Å². The predicted octanol–water partition coefficient (Wildman–Crippen LogP) is 6.69. The van der Waals surface area contributed by atoms with Crippen molar-refractivity contribution < 1.29 is 23.7 Å². The summed E-state index contributed by atoms with van der Waals surface area (Å²) in [6.07, 6.45) is 1.60. The lowest BCUT2D eigenvalue weighted by molar-refractivity contribution is -0.137. The van der Waals surface area contributed by atoms with Gasteiger partial charge in [0.05, 0.1) is 12.5 Å². The first-order valence-electron chi connectivity index (χ1n) is 11.6. The van der Waals surface area contributed by atoms with Crippen molar-refractivity contribution in [2.24, 2.45) is 5.92 Å². The average Bonchev–Trinajstić information content (AvgIpc) is 2.81. The van der Waals surface area contributed by atoms with Gasteiger partial charge >= 0.3 is 5.97 Å². The van der Waals surface area contributed by atoms with E-state index in [2.05, 4.69) is 13.8 Å². The lowest BCUT2D eigenvalue weighted by Gasteiger charge is -2.45. The van der Waals surface area contributed by atoms with E-state index in [1.807, 2.05) is 45.0 Å². The smallest absolute Gasteiger partial charge is 0.303 e. The molecule has 0 radical (unpaired) electrons. The predicted molar refractivity (Wildman–Crippen MR) is 133 cm³/mol. The second-order valence-electron chi connectivity index (χ2n) is 9.56. The van der Waals surface area contributed by atoms with Gasteiger partial charge in [0.2, 0.25) is 0 Å². The maximum Gasteiger partial charge on any atom is 0.303 e. The van der Waals surface area contributed by atoms with Crippen LogP contribution in [0.3, 0.4) is 0 Å². The highest BCUT2D eigenvalue weighted by Gasteiger charge is 2.38. The zero-order valence-corrected chi connectivity index (χ0v) is 21.0. The molecule has 7 heteroatoms. The Kier molecular flexibility index (Phi) is 8.11. The number of benzene rings is 2. The minimum Gasteiger partial charge on any atom is -0.487 e. The van der Waals surface area contributed by atoms with E-state index in [1.54, 1.807) is 22.5 Å². The highest BCUT2D eigenvalue weighted by atomic mass is 32.3. The molecular weight excluding hydrogens is 438 g/mol. The Morgan fingerprint density at radius 1 is 1.12 bits per heavy atom. The quantitative estimate of drug-likeness (QED) is 0.394. The molecule has 0 amide bonds. The van der Waals surface area contributed by atoms with Crippen LogP contribution >= 0.6 is 10.8 Å². The van der Waals surface area contributed by atoms with Crippen molar-refractivity contribution in [3.8, 4) is 5.75 Å². The van der Waals surface area contributed by atoms with Gasteiger partial charge in [0, 0.05) is 6.54 Å². The van der Waals surface area contributed by atoms with E-state index in [-0.39, 0.29) is 24.5 Å². The normalized spacial score (nSPS) is 22.2. The summed E-state index contributed by atoms with van der Waals surface area (Å²) in [4.78, 5) is 11.9. The van der Waals surface area contributed by atoms with E-state index in [9.17, 15) is 19.0 Å². The van der Waals surface area contributed by atoms with Crippen molar-refractivity contribution in [2.75, 3.05) is 0 Å². The van der Waals surface area contributed by atoms with Crippen LogP contribution in [0.25, 0.3) is 0 Å². The highest BCUT2D eigenvalue weighted by Crippen LogP contribution is 2.58. The SMILES string of the molecule is Cc1ccc(C(CCC(C)C)CC(=O)O)cc1CN1C(C)C(C)Oc2ccccc2S1(O)O. The average molecular weight is 476 g/mol. The highest BCUT2D eigenvalue weighted by molar-refractivity contribution is 8.22. The summed E-state index contributed by atoms with van der Waals surface area (Å²) >= 11 is 0. The third-order valence-electron chi connectivity index (χ3n) is 6.60. The summed E-state index contributed by atoms with van der Waals surface area (Å²) in [7, 11) is -3.28. The molecule has 1 heterocycles. The molecule has 0 fully saturated rings. The van der Waals surface area contributed by atoms with Gasteiger partial charge in [-0.2, -0.15) is 4.31 Å². The van der Waals surface area contributed by atoms with E-state index in [1.165, 1.54) is 0 Å². The molecule has 3 unspecified atom stereocenters. The molecule has 0 aromatic heterocycles. The summed E-state index contributed by atoms with van der Waals surface area (Å²) in [5, 5.41) is 9.47. The molecule has 0 saturated heterocycles. The Labute approximate surface area is 199 Å². The molecule has 0 aliphatic carbocycles. The van der Waals surface area contributed by atoms with Crippen LogP contribution in [0.2, 0.25) is 0 Å². The molecule has 6 nitrogen and oxygen atoms in total. The van der Waals surface area contributed by atoms with Gasteiger partial charge in [-0.1, -0.05) is 50.6 Å². The van der Waals surface area contributed by atoms with E-state index < -0.39 is 16.7 Å². The molecule has 3 atom stereocenters. The number of aryl methyl sites for hydroxylation is 1. The molecule has 1 aliphatic rings. The van der Waals surface area contributed by atoms with Crippen LogP contribution in [0.15, 0.2) is 47.4 Å². The Morgan fingerprint density at radius 2 is 1.82 bits per heavy atom. The van der Waals surface area contributed by atoms with Crippen LogP contribution in [-0.2, 0) is 11.3 Å². The van der Waals surface area contributed by atoms with Crippen molar-refractivity contribution in [1.82, 2.24) is 4.31 Å². The molecule has 3 rings (SSSR count). The number of aliphatic carboxylic acids is 1. The van der Waals surface area contributed by atoms with Gasteiger partial charge in [-0.15, -0.1) is 10.8 Å². The molecule has 0 bridgehead atoms. The first-order chi connectivity index (χ1) is 15.5. The number of carboxylic acids is 1. The fourth-order valence-corrected chi connectivity index (χ4v) is 6.17. The molecule has 0 saturated carbocycles. The maximum atomic E-state index is 11.5. The number of hydrogen-bond acceptors (Lipinski definition) is 5. The van der Waals surface area contributed by atoms with Crippen LogP contribution in [-0.4, -0.2) is 36.6 Å². The Balaban J connectivity index is 1.96. The molecule has 0 spiro atoms. The molecule has 2 aromatic rings. The minimum absolute atomic E-state index is 0.0749. The van der Waals surface area contributed by atoms with Gasteiger partial charge in [0.25, 0.3) is 0 Å². The standard InChI is InChI=1S/C26H37NO5S/c1-17(2)10-12-22(15-26(28)29)21-13-11-18(3)23(14-21)16-27-19(4)20(5)32-24-8-6-7-9-25(24)33(27,30)31/h6-9,11,13-14,17,19-20,22,30-31H,10,12,15-16H2,1-5H3,(H,28,29). The number of carbonyl (C=O) groups is 1. The zero-order chi connectivity index (χ0) is 24.3. The molecule has 33 heavy (non-hydrogen) atoms. The van der Waals surface area contributed by atoms with Crippen molar-refractivity contribution in [3.05, 3.63) is 59.2 Å². The van der Waals surface area contributed by atoms with Crippen LogP contribution in [0.1, 0.15) is 69.6 Å². The third kappa shape index (κ3) is 5.90. The van der Waals surface area contributed by atoms with Gasteiger partial charge in [-0.05, 0) is 67.9 Å². The van der Waals surface area contributed by atoms with E-state index in [0.717, 1.165) is 29.5 Å².